The maximum Gasteiger partial charge on any atom is 0.438 e. The summed E-state index contributed by atoms with van der Waals surface area (Å²) in [6, 6.07) is 16.5. The second-order valence-electron chi connectivity index (χ2n) is 18.4. The Bertz CT molecular complexity index is 3280. The highest BCUT2D eigenvalue weighted by Crippen LogP contribution is 2.59. The molecule has 3 fully saturated rings. The fourth-order valence-electron chi connectivity index (χ4n) is 10.8. The van der Waals surface area contributed by atoms with Gasteiger partial charge in [-0.25, -0.2) is 18.7 Å². The van der Waals surface area contributed by atoms with Gasteiger partial charge in [-0.05, 0) is 124 Å². The fourth-order valence-corrected chi connectivity index (χ4v) is 12.9. The molecule has 4 aliphatic rings. The lowest BCUT2D eigenvalue weighted by atomic mass is 9.91. The molecule has 0 spiro atoms. The van der Waals surface area contributed by atoms with Crippen LogP contribution in [-0.2, 0) is 26.0 Å². The van der Waals surface area contributed by atoms with E-state index in [4.69, 9.17) is 19.1 Å². The summed E-state index contributed by atoms with van der Waals surface area (Å²) in [4.78, 5) is 47.4. The molecule has 3 aromatic carbocycles. The number of carbonyl (C=O) groups excluding carboxylic acids is 1. The topological polar surface area (TPSA) is 176 Å². The van der Waals surface area contributed by atoms with Gasteiger partial charge >= 0.3 is 11.4 Å². The van der Waals surface area contributed by atoms with Crippen LogP contribution in [0.5, 0.6) is 0 Å². The van der Waals surface area contributed by atoms with Crippen LogP contribution in [0.1, 0.15) is 96.3 Å². The van der Waals surface area contributed by atoms with E-state index in [1.54, 1.807) is 69.2 Å². The van der Waals surface area contributed by atoms with E-state index < -0.39 is 36.0 Å². The molecule has 2 saturated heterocycles. The molecule has 1 saturated carbocycles. The Morgan fingerprint density at radius 3 is 2.36 bits per heavy atom. The van der Waals surface area contributed by atoms with Crippen molar-refractivity contribution in [1.82, 2.24) is 38.5 Å². The maximum atomic E-state index is 15.5. The number of ether oxygens (including phenoxy) is 2. The van der Waals surface area contributed by atoms with Gasteiger partial charge in [-0.2, -0.15) is 5.10 Å². The quantitative estimate of drug-likeness (QED) is 0.144. The molecule has 2 N–H and O–H groups in total. The van der Waals surface area contributed by atoms with Gasteiger partial charge in [0.2, 0.25) is 0 Å². The highest BCUT2D eigenvalue weighted by Gasteiger charge is 2.59. The number of nitrogens with one attached hydrogen (secondary N) is 2. The zero-order valence-corrected chi connectivity index (χ0v) is 38.5. The third kappa shape index (κ3) is 6.29. The number of aromatic nitrogens is 7. The Hall–Kier alpha value is -6.29. The molecule has 0 bridgehead atoms. The number of imidazole rings is 1. The van der Waals surface area contributed by atoms with Crippen LogP contribution in [0.25, 0.3) is 28.1 Å². The van der Waals surface area contributed by atoms with E-state index in [9.17, 15) is 14.2 Å². The van der Waals surface area contributed by atoms with Gasteiger partial charge in [0.05, 0.1) is 23.1 Å². The molecule has 11 rings (SSSR count). The second-order valence-corrected chi connectivity index (χ2v) is 21.5. The summed E-state index contributed by atoms with van der Waals surface area (Å²) in [5.74, 6) is -0.483. The van der Waals surface area contributed by atoms with Crippen molar-refractivity contribution in [3.05, 3.63) is 133 Å². The van der Waals surface area contributed by atoms with Crippen molar-refractivity contribution >= 4 is 34.9 Å². The summed E-state index contributed by atoms with van der Waals surface area (Å²) < 4.78 is 51.9. The standard InChI is InChI=1S/C48H51FN9O7P/c1-26-19-35(20-27(2)42(26)49)58-43(56-16-15-55(47(56)61)34-8-10-40(37(23-34)50-6)66(62)25-64-30(66)5)41-29(4)54(14-11-36(41)52-58)44(59)39-22-33-21-32(31-12-17-63-18-13-31)7-9-38(33)57(39)48(24-28(48)3)45-51-46(60)65-53-45/h7-10,15-16,19-23,28-31,50H,11-14,17-18,24-25H2,1-6H3,(H,51,53,60)/t28-,29-,30+,48-,66+/m0/s1. The van der Waals surface area contributed by atoms with Gasteiger partial charge < -0.3 is 28.8 Å². The van der Waals surface area contributed by atoms with E-state index in [2.05, 4.69) is 40.6 Å². The van der Waals surface area contributed by atoms with Crippen LogP contribution in [0, 0.1) is 25.6 Å². The zero-order chi connectivity index (χ0) is 46.0. The number of carbonyl (C=O) groups is 1. The van der Waals surface area contributed by atoms with Crippen LogP contribution < -0.4 is 22.1 Å². The van der Waals surface area contributed by atoms with Crippen molar-refractivity contribution in [3.8, 4) is 17.2 Å². The Balaban J connectivity index is 1.04. The SMILES string of the molecule is CNc1cc(-n2ccn(-c3c4c(nn3-c3cc(C)c(F)c(C)c3)CCN(C(=O)c3cc5cc(C6CCOCC6)ccc5n3[C@@]3(c5noc(=O)[nH]5)C[C@@H]3C)[C@H]4C)c2=O)ccc1[P@@]1(=O)CO[C@H]1C. The number of amides is 1. The molecule has 3 aliphatic heterocycles. The molecule has 0 unspecified atom stereocenters. The third-order valence-corrected chi connectivity index (χ3v) is 17.7. The lowest BCUT2D eigenvalue weighted by Gasteiger charge is -2.35. The van der Waals surface area contributed by atoms with E-state index in [1.165, 1.54) is 14.7 Å². The predicted octanol–water partition coefficient (Wildman–Crippen LogP) is 7.00. The highest BCUT2D eigenvalue weighted by atomic mass is 31.2. The number of nitrogens with zero attached hydrogens (tertiary/aromatic N) is 7. The summed E-state index contributed by atoms with van der Waals surface area (Å²) in [5, 5.41) is 14.0. The Morgan fingerprint density at radius 2 is 1.71 bits per heavy atom. The van der Waals surface area contributed by atoms with Crippen LogP contribution in [0.4, 0.5) is 10.1 Å². The molecular formula is C48H51FN9O7P. The van der Waals surface area contributed by atoms with Crippen molar-refractivity contribution < 1.29 is 27.7 Å². The van der Waals surface area contributed by atoms with Crippen molar-refractivity contribution in [1.29, 1.82) is 0 Å². The minimum atomic E-state index is -2.78. The number of aromatic amines is 1. The first kappa shape index (κ1) is 42.4. The van der Waals surface area contributed by atoms with Crippen molar-refractivity contribution in [2.75, 3.05) is 38.5 Å². The number of fused-ring (bicyclic) bond motifs is 2. The van der Waals surface area contributed by atoms with Crippen LogP contribution in [0.2, 0.25) is 0 Å². The van der Waals surface area contributed by atoms with Crippen molar-refractivity contribution in [2.24, 2.45) is 5.92 Å². The first-order valence-corrected chi connectivity index (χ1v) is 24.5. The normalized spacial score (nSPS) is 24.1. The summed E-state index contributed by atoms with van der Waals surface area (Å²) in [7, 11) is -1.02. The molecule has 7 aromatic rings. The van der Waals surface area contributed by atoms with Gasteiger partial charge in [-0.3, -0.25) is 23.4 Å². The number of anilines is 1. The van der Waals surface area contributed by atoms with Gasteiger partial charge in [0.1, 0.15) is 35.1 Å². The van der Waals surface area contributed by atoms with Crippen LogP contribution in [0.3, 0.4) is 0 Å². The zero-order valence-electron chi connectivity index (χ0n) is 37.6. The van der Waals surface area contributed by atoms with E-state index in [1.807, 2.05) is 28.5 Å². The third-order valence-electron chi connectivity index (χ3n) is 14.7. The van der Waals surface area contributed by atoms with Crippen molar-refractivity contribution in [2.45, 2.75) is 83.6 Å². The summed E-state index contributed by atoms with van der Waals surface area (Å²) in [6.07, 6.45) is 6.33. The monoisotopic (exact) mass is 915 g/mol. The van der Waals surface area contributed by atoms with Crippen molar-refractivity contribution in [3.63, 3.8) is 0 Å². The highest BCUT2D eigenvalue weighted by molar-refractivity contribution is 7.73. The number of rotatable bonds is 9. The van der Waals surface area contributed by atoms with Gasteiger partial charge in [-0.15, -0.1) is 0 Å². The largest absolute Gasteiger partial charge is 0.438 e. The molecule has 342 valence electrons. The fraction of sp³-hybridized carbons (Fsp3) is 0.396. The lowest BCUT2D eigenvalue weighted by Crippen LogP contribution is -2.41. The lowest BCUT2D eigenvalue weighted by molar-refractivity contribution is 0.0663. The number of hydrogen-bond donors (Lipinski definition) is 2. The first-order chi connectivity index (χ1) is 31.7. The molecule has 7 heterocycles. The van der Waals surface area contributed by atoms with Crippen LogP contribution in [0.15, 0.2) is 81.1 Å². The van der Waals surface area contributed by atoms with E-state index in [-0.39, 0.29) is 24.0 Å². The predicted molar refractivity (Wildman–Crippen MR) is 246 cm³/mol. The Kier molecular flexibility index (Phi) is 9.88. The number of benzene rings is 3. The molecule has 1 aliphatic carbocycles. The second kappa shape index (κ2) is 15.4. The van der Waals surface area contributed by atoms with E-state index in [0.29, 0.717) is 101 Å². The van der Waals surface area contributed by atoms with E-state index in [0.717, 1.165) is 23.7 Å². The average molecular weight is 916 g/mol. The number of H-pyrrole nitrogens is 1. The van der Waals surface area contributed by atoms with Crippen LogP contribution in [-0.4, -0.2) is 83.4 Å². The molecule has 16 nitrogen and oxygen atoms in total. The van der Waals surface area contributed by atoms with Gasteiger partial charge in [0.25, 0.3) is 5.91 Å². The summed E-state index contributed by atoms with van der Waals surface area (Å²) in [6.45, 7) is 10.9. The molecular weight excluding hydrogens is 865 g/mol. The molecule has 18 heteroatoms. The molecule has 5 atom stereocenters. The van der Waals surface area contributed by atoms with Gasteiger partial charge in [-0.1, -0.05) is 18.1 Å². The first-order valence-electron chi connectivity index (χ1n) is 22.6. The van der Waals surface area contributed by atoms with Crippen LogP contribution >= 0.6 is 7.14 Å². The smallest absolute Gasteiger partial charge is 0.387 e. The average Bonchev–Trinajstić information content (AvgIpc) is 3.82. The van der Waals surface area contributed by atoms with Gasteiger partial charge in [0, 0.05) is 73.1 Å². The maximum absolute atomic E-state index is 15.5. The summed E-state index contributed by atoms with van der Waals surface area (Å²) >= 11 is 0. The number of halogens is 1. The Labute approximate surface area is 378 Å². The molecule has 66 heavy (non-hydrogen) atoms. The molecule has 4 aromatic heterocycles. The molecule has 1 amide bonds. The minimum absolute atomic E-state index is 0.0172. The van der Waals surface area contributed by atoms with Gasteiger partial charge in [0.15, 0.2) is 13.0 Å². The summed E-state index contributed by atoms with van der Waals surface area (Å²) in [5.41, 5.74) is 5.22. The molecule has 0 radical (unpaired) electrons. The minimum Gasteiger partial charge on any atom is -0.387 e. The van der Waals surface area contributed by atoms with E-state index >= 15 is 9.18 Å². The number of aryl methyl sites for hydroxylation is 2. The Morgan fingerprint density at radius 1 is 0.970 bits per heavy atom. The number of hydrogen-bond acceptors (Lipinski definition) is 10.